The number of ether oxygens (including phenoxy) is 1. The molecule has 25 heavy (non-hydrogen) atoms. The van der Waals surface area contributed by atoms with E-state index in [1.165, 1.54) is 5.56 Å². The van der Waals surface area contributed by atoms with Crippen LogP contribution in [-0.4, -0.2) is 17.7 Å². The van der Waals surface area contributed by atoms with Crippen molar-refractivity contribution in [1.29, 1.82) is 0 Å². The fourth-order valence-corrected chi connectivity index (χ4v) is 2.72. The molecule has 0 fully saturated rings. The Morgan fingerprint density at radius 3 is 2.32 bits per heavy atom. The Morgan fingerprint density at radius 2 is 1.72 bits per heavy atom. The van der Waals surface area contributed by atoms with E-state index < -0.39 is 0 Å². The quantitative estimate of drug-likeness (QED) is 0.571. The lowest BCUT2D eigenvalue weighted by molar-refractivity contribution is -0.138. The van der Waals surface area contributed by atoms with E-state index in [0.29, 0.717) is 12.0 Å². The van der Waals surface area contributed by atoms with Gasteiger partial charge in [-0.25, -0.2) is 4.79 Å². The van der Waals surface area contributed by atoms with Gasteiger partial charge in [0.15, 0.2) is 0 Å². The van der Waals surface area contributed by atoms with Crippen LogP contribution in [0.3, 0.4) is 0 Å². The molecule has 0 unspecified atom stereocenters. The van der Waals surface area contributed by atoms with Crippen LogP contribution in [0.1, 0.15) is 37.0 Å². The highest BCUT2D eigenvalue weighted by Gasteiger charge is 2.08. The zero-order chi connectivity index (χ0) is 18.2. The molecule has 0 saturated carbocycles. The smallest absolute Gasteiger partial charge is 0.333 e. The molecule has 0 atom stereocenters. The minimum atomic E-state index is -0.381. The number of aliphatic hydroxyl groups is 1. The van der Waals surface area contributed by atoms with Gasteiger partial charge < -0.3 is 9.84 Å². The van der Waals surface area contributed by atoms with Crippen LogP contribution in [0.2, 0.25) is 0 Å². The fourth-order valence-electron chi connectivity index (χ4n) is 2.72. The van der Waals surface area contributed by atoms with Crippen LogP contribution in [0.25, 0.3) is 11.1 Å². The van der Waals surface area contributed by atoms with Crippen LogP contribution in [0.4, 0.5) is 0 Å². The average Bonchev–Trinajstić information content (AvgIpc) is 2.62. The van der Waals surface area contributed by atoms with Crippen LogP contribution in [0, 0.1) is 0 Å². The first-order valence-corrected chi connectivity index (χ1v) is 8.69. The molecule has 2 rings (SSSR count). The molecule has 0 aliphatic rings. The Kier molecular flexibility index (Phi) is 6.96. The summed E-state index contributed by atoms with van der Waals surface area (Å²) in [5.41, 5.74) is 5.82. The highest BCUT2D eigenvalue weighted by Crippen LogP contribution is 2.24. The van der Waals surface area contributed by atoms with E-state index in [2.05, 4.69) is 43.8 Å². The Morgan fingerprint density at radius 1 is 1.04 bits per heavy atom. The summed E-state index contributed by atoms with van der Waals surface area (Å²) in [5, 5.41) is 9.55. The summed E-state index contributed by atoms with van der Waals surface area (Å²) in [6.45, 7) is 7.63. The minimum Gasteiger partial charge on any atom is -0.462 e. The van der Waals surface area contributed by atoms with Crippen molar-refractivity contribution < 1.29 is 14.6 Å². The Hall–Kier alpha value is -2.39. The standard InChI is InChI=1S/C22H26O3/c1-4-5-17-6-8-18(9-7-17)19-10-11-21(15-23)20(14-19)12-13-25-22(24)16(2)3/h6-11,14,23H,2,4-5,12-13,15H2,1,3H3. The normalized spacial score (nSPS) is 10.5. The molecule has 2 aromatic rings. The van der Waals surface area contributed by atoms with E-state index >= 15 is 0 Å². The number of aliphatic hydroxyl groups excluding tert-OH is 1. The van der Waals surface area contributed by atoms with Crippen LogP contribution in [-0.2, 0) is 29.0 Å². The van der Waals surface area contributed by atoms with E-state index in [1.54, 1.807) is 6.92 Å². The highest BCUT2D eigenvalue weighted by atomic mass is 16.5. The number of hydrogen-bond acceptors (Lipinski definition) is 3. The number of benzene rings is 2. The van der Waals surface area contributed by atoms with Crippen molar-refractivity contribution in [2.45, 2.75) is 39.7 Å². The number of esters is 1. The van der Waals surface area contributed by atoms with Gasteiger partial charge in [-0.2, -0.15) is 0 Å². The lowest BCUT2D eigenvalue weighted by atomic mass is 9.96. The lowest BCUT2D eigenvalue weighted by Gasteiger charge is -2.12. The second kappa shape index (κ2) is 9.19. The molecule has 2 aromatic carbocycles. The van der Waals surface area contributed by atoms with Crippen molar-refractivity contribution in [1.82, 2.24) is 0 Å². The van der Waals surface area contributed by atoms with Crippen LogP contribution >= 0.6 is 0 Å². The van der Waals surface area contributed by atoms with Gasteiger partial charge in [-0.15, -0.1) is 0 Å². The fraction of sp³-hybridized carbons (Fsp3) is 0.318. The Bertz CT molecular complexity index is 729. The van der Waals surface area contributed by atoms with Gasteiger partial charge in [0.2, 0.25) is 0 Å². The van der Waals surface area contributed by atoms with E-state index in [-0.39, 0.29) is 19.2 Å². The summed E-state index contributed by atoms with van der Waals surface area (Å²) >= 11 is 0. The van der Waals surface area contributed by atoms with Gasteiger partial charge in [0.05, 0.1) is 13.2 Å². The third kappa shape index (κ3) is 5.30. The Balaban J connectivity index is 2.15. The average molecular weight is 338 g/mol. The summed E-state index contributed by atoms with van der Waals surface area (Å²) in [4.78, 5) is 11.5. The van der Waals surface area contributed by atoms with Gasteiger partial charge in [0, 0.05) is 12.0 Å². The van der Waals surface area contributed by atoms with E-state index in [9.17, 15) is 9.90 Å². The van der Waals surface area contributed by atoms with Gasteiger partial charge in [-0.1, -0.05) is 62.4 Å². The zero-order valence-corrected chi connectivity index (χ0v) is 15.0. The third-order valence-electron chi connectivity index (χ3n) is 4.16. The van der Waals surface area contributed by atoms with E-state index in [1.807, 2.05) is 12.1 Å². The maximum atomic E-state index is 11.5. The maximum absolute atomic E-state index is 11.5. The molecular formula is C22H26O3. The molecule has 0 amide bonds. The molecule has 0 aliphatic heterocycles. The minimum absolute atomic E-state index is 0.0283. The van der Waals surface area contributed by atoms with Crippen LogP contribution in [0.5, 0.6) is 0 Å². The summed E-state index contributed by atoms with van der Waals surface area (Å²) < 4.78 is 5.17. The highest BCUT2D eigenvalue weighted by molar-refractivity contribution is 5.86. The predicted octanol–water partition coefficient (Wildman–Crippen LogP) is 4.46. The topological polar surface area (TPSA) is 46.5 Å². The van der Waals surface area contributed by atoms with Gasteiger partial charge in [0.1, 0.15) is 0 Å². The second-order valence-corrected chi connectivity index (χ2v) is 6.25. The molecule has 0 saturated heterocycles. The van der Waals surface area contributed by atoms with Crippen molar-refractivity contribution in [3.8, 4) is 11.1 Å². The monoisotopic (exact) mass is 338 g/mol. The summed E-state index contributed by atoms with van der Waals surface area (Å²) in [6.07, 6.45) is 2.79. The number of rotatable bonds is 8. The zero-order valence-electron chi connectivity index (χ0n) is 15.0. The Labute approximate surface area is 150 Å². The number of aryl methyl sites for hydroxylation is 1. The molecule has 3 heteroatoms. The largest absolute Gasteiger partial charge is 0.462 e. The molecular weight excluding hydrogens is 312 g/mol. The van der Waals surface area contributed by atoms with E-state index in [0.717, 1.165) is 35.1 Å². The van der Waals surface area contributed by atoms with Gasteiger partial charge in [-0.05, 0) is 41.2 Å². The first kappa shape index (κ1) is 18.9. The molecule has 0 spiro atoms. The number of carbonyl (C=O) groups excluding carboxylic acids is 1. The number of hydrogen-bond donors (Lipinski definition) is 1. The molecule has 0 aromatic heterocycles. The van der Waals surface area contributed by atoms with Gasteiger partial charge >= 0.3 is 5.97 Å². The summed E-state index contributed by atoms with van der Waals surface area (Å²) in [5.74, 6) is -0.381. The molecule has 0 heterocycles. The van der Waals surface area contributed by atoms with E-state index in [4.69, 9.17) is 4.74 Å². The van der Waals surface area contributed by atoms with Crippen LogP contribution < -0.4 is 0 Å². The first-order valence-electron chi connectivity index (χ1n) is 8.69. The molecule has 0 aliphatic carbocycles. The van der Waals surface area contributed by atoms with Crippen molar-refractivity contribution in [2.24, 2.45) is 0 Å². The first-order chi connectivity index (χ1) is 12.0. The predicted molar refractivity (Wildman–Crippen MR) is 101 cm³/mol. The summed E-state index contributed by atoms with van der Waals surface area (Å²) in [6, 6.07) is 14.6. The molecule has 0 radical (unpaired) electrons. The SMILES string of the molecule is C=C(C)C(=O)OCCc1cc(-c2ccc(CCC)cc2)ccc1CO. The molecule has 3 nitrogen and oxygen atoms in total. The molecule has 1 N–H and O–H groups in total. The van der Waals surface area contributed by atoms with Crippen LogP contribution in [0.15, 0.2) is 54.6 Å². The molecule has 132 valence electrons. The maximum Gasteiger partial charge on any atom is 0.333 e. The summed E-state index contributed by atoms with van der Waals surface area (Å²) in [7, 11) is 0. The van der Waals surface area contributed by atoms with Crippen molar-refractivity contribution in [3.05, 3.63) is 71.3 Å². The lowest BCUT2D eigenvalue weighted by Crippen LogP contribution is -2.09. The van der Waals surface area contributed by atoms with Crippen molar-refractivity contribution in [3.63, 3.8) is 0 Å². The number of carbonyl (C=O) groups is 1. The van der Waals surface area contributed by atoms with Crippen molar-refractivity contribution in [2.75, 3.05) is 6.61 Å². The van der Waals surface area contributed by atoms with Gasteiger partial charge in [-0.3, -0.25) is 0 Å². The van der Waals surface area contributed by atoms with Gasteiger partial charge in [0.25, 0.3) is 0 Å². The molecule has 0 bridgehead atoms. The third-order valence-corrected chi connectivity index (χ3v) is 4.16. The second-order valence-electron chi connectivity index (χ2n) is 6.25. The van der Waals surface area contributed by atoms with Crippen molar-refractivity contribution >= 4 is 5.97 Å².